The minimum absolute atomic E-state index is 0.168. The first-order valence-corrected chi connectivity index (χ1v) is 6.73. The molecule has 0 aliphatic rings. The molecule has 0 fully saturated rings. The van der Waals surface area contributed by atoms with Crippen LogP contribution in [-0.2, 0) is 0 Å². The molecule has 3 heteroatoms. The Hall–Kier alpha value is -2.26. The number of H-pyrrole nitrogens is 1. The van der Waals surface area contributed by atoms with Crippen molar-refractivity contribution < 1.29 is 4.74 Å². The highest BCUT2D eigenvalue weighted by atomic mass is 16.5. The van der Waals surface area contributed by atoms with Crippen molar-refractivity contribution in [2.45, 2.75) is 5.92 Å². The van der Waals surface area contributed by atoms with Crippen molar-refractivity contribution in [2.75, 3.05) is 13.7 Å². The van der Waals surface area contributed by atoms with Gasteiger partial charge in [-0.25, -0.2) is 0 Å². The molecule has 3 N–H and O–H groups in total. The molecule has 20 heavy (non-hydrogen) atoms. The van der Waals surface area contributed by atoms with Crippen LogP contribution in [0.15, 0.2) is 54.7 Å². The van der Waals surface area contributed by atoms with Crippen LogP contribution < -0.4 is 10.5 Å². The fourth-order valence-corrected chi connectivity index (χ4v) is 2.68. The molecule has 0 saturated heterocycles. The molecule has 1 atom stereocenters. The minimum atomic E-state index is 0.168. The van der Waals surface area contributed by atoms with Gasteiger partial charge in [0, 0.05) is 29.6 Å². The number of nitrogens with one attached hydrogen (secondary N) is 1. The second-order valence-electron chi connectivity index (χ2n) is 4.85. The van der Waals surface area contributed by atoms with E-state index < -0.39 is 0 Å². The third-order valence-electron chi connectivity index (χ3n) is 3.73. The van der Waals surface area contributed by atoms with Crippen molar-refractivity contribution in [3.63, 3.8) is 0 Å². The van der Waals surface area contributed by atoms with Crippen molar-refractivity contribution in [1.29, 1.82) is 0 Å². The highest BCUT2D eigenvalue weighted by Crippen LogP contribution is 2.31. The van der Waals surface area contributed by atoms with E-state index in [0.29, 0.717) is 6.54 Å². The minimum Gasteiger partial charge on any atom is -0.497 e. The van der Waals surface area contributed by atoms with E-state index in [4.69, 9.17) is 10.5 Å². The number of fused-ring (bicyclic) bond motifs is 1. The Bertz CT molecular complexity index is 718. The molecule has 0 radical (unpaired) electrons. The van der Waals surface area contributed by atoms with Gasteiger partial charge in [0.1, 0.15) is 5.75 Å². The van der Waals surface area contributed by atoms with Gasteiger partial charge in [0.15, 0.2) is 0 Å². The number of rotatable bonds is 4. The lowest BCUT2D eigenvalue weighted by atomic mass is 9.91. The van der Waals surface area contributed by atoms with Crippen LogP contribution in [0.25, 0.3) is 10.9 Å². The van der Waals surface area contributed by atoms with Crippen LogP contribution >= 0.6 is 0 Å². The molecule has 3 rings (SSSR count). The molecule has 1 unspecified atom stereocenters. The third kappa shape index (κ3) is 2.17. The number of methoxy groups -OCH3 is 1. The first-order valence-electron chi connectivity index (χ1n) is 6.73. The fourth-order valence-electron chi connectivity index (χ4n) is 2.68. The number of benzene rings is 2. The topological polar surface area (TPSA) is 51.0 Å². The Morgan fingerprint density at radius 2 is 2.00 bits per heavy atom. The quantitative estimate of drug-likeness (QED) is 0.761. The van der Waals surface area contributed by atoms with E-state index in [-0.39, 0.29) is 5.92 Å². The predicted molar refractivity (Wildman–Crippen MR) is 82.2 cm³/mol. The number of ether oxygens (including phenoxy) is 1. The highest BCUT2D eigenvalue weighted by Gasteiger charge is 2.16. The van der Waals surface area contributed by atoms with E-state index in [1.165, 1.54) is 16.5 Å². The van der Waals surface area contributed by atoms with Crippen LogP contribution in [0.3, 0.4) is 0 Å². The van der Waals surface area contributed by atoms with Crippen molar-refractivity contribution >= 4 is 10.9 Å². The summed E-state index contributed by atoms with van der Waals surface area (Å²) in [7, 11) is 1.68. The summed E-state index contributed by atoms with van der Waals surface area (Å²) in [5.41, 5.74) is 9.58. The van der Waals surface area contributed by atoms with Gasteiger partial charge in [-0.1, -0.05) is 30.3 Å². The average Bonchev–Trinajstić information content (AvgIpc) is 2.93. The monoisotopic (exact) mass is 266 g/mol. The molecule has 3 nitrogen and oxygen atoms in total. The normalized spacial score (nSPS) is 12.5. The summed E-state index contributed by atoms with van der Waals surface area (Å²) in [4.78, 5) is 3.31. The van der Waals surface area contributed by atoms with Gasteiger partial charge in [-0.05, 0) is 29.3 Å². The summed E-state index contributed by atoms with van der Waals surface area (Å²) in [5, 5.41) is 1.23. The van der Waals surface area contributed by atoms with Crippen molar-refractivity contribution in [3.8, 4) is 5.75 Å². The van der Waals surface area contributed by atoms with Gasteiger partial charge in [0.2, 0.25) is 0 Å². The smallest absolute Gasteiger partial charge is 0.119 e. The summed E-state index contributed by atoms with van der Waals surface area (Å²) in [5.74, 6) is 1.03. The molecule has 0 bridgehead atoms. The Kier molecular flexibility index (Phi) is 3.44. The van der Waals surface area contributed by atoms with E-state index >= 15 is 0 Å². The van der Waals surface area contributed by atoms with Crippen LogP contribution in [0.4, 0.5) is 0 Å². The van der Waals surface area contributed by atoms with Gasteiger partial charge >= 0.3 is 0 Å². The van der Waals surface area contributed by atoms with Crippen LogP contribution in [0.5, 0.6) is 5.75 Å². The molecular weight excluding hydrogens is 248 g/mol. The van der Waals surface area contributed by atoms with Crippen LogP contribution in [-0.4, -0.2) is 18.6 Å². The van der Waals surface area contributed by atoms with E-state index in [9.17, 15) is 0 Å². The standard InChI is InChI=1S/C17H18N2O/c1-20-13-6-4-5-12(9-13)15(10-18)16-11-19-17-8-3-2-7-14(16)17/h2-9,11,15,19H,10,18H2,1H3. The number of aromatic amines is 1. The van der Waals surface area contributed by atoms with E-state index in [1.807, 2.05) is 18.2 Å². The van der Waals surface area contributed by atoms with E-state index in [0.717, 1.165) is 11.3 Å². The molecule has 0 amide bonds. The van der Waals surface area contributed by atoms with Crippen LogP contribution in [0.2, 0.25) is 0 Å². The van der Waals surface area contributed by atoms with Gasteiger partial charge in [-0.15, -0.1) is 0 Å². The van der Waals surface area contributed by atoms with E-state index in [1.54, 1.807) is 7.11 Å². The molecule has 1 aromatic heterocycles. The Balaban J connectivity index is 2.09. The number of aromatic nitrogens is 1. The zero-order chi connectivity index (χ0) is 13.9. The molecular formula is C17H18N2O. The Morgan fingerprint density at radius 3 is 2.80 bits per heavy atom. The first kappa shape index (κ1) is 12.8. The molecule has 0 saturated carbocycles. The van der Waals surface area contributed by atoms with Gasteiger partial charge < -0.3 is 15.5 Å². The highest BCUT2D eigenvalue weighted by molar-refractivity contribution is 5.84. The second kappa shape index (κ2) is 5.39. The lowest BCUT2D eigenvalue weighted by Gasteiger charge is -2.15. The third-order valence-corrected chi connectivity index (χ3v) is 3.73. The summed E-state index contributed by atoms with van der Waals surface area (Å²) < 4.78 is 5.31. The summed E-state index contributed by atoms with van der Waals surface area (Å²) in [6.45, 7) is 0.564. The largest absolute Gasteiger partial charge is 0.497 e. The number of nitrogens with two attached hydrogens (primary N) is 1. The SMILES string of the molecule is COc1cccc(C(CN)c2c[nH]c3ccccc23)c1. The average molecular weight is 266 g/mol. The molecule has 102 valence electrons. The summed E-state index contributed by atoms with van der Waals surface area (Å²) in [6.07, 6.45) is 2.06. The lowest BCUT2D eigenvalue weighted by molar-refractivity contribution is 0.414. The van der Waals surface area contributed by atoms with E-state index in [2.05, 4.69) is 41.5 Å². The van der Waals surface area contributed by atoms with Crippen molar-refractivity contribution in [2.24, 2.45) is 5.73 Å². The lowest BCUT2D eigenvalue weighted by Crippen LogP contribution is -2.13. The van der Waals surface area contributed by atoms with Crippen molar-refractivity contribution in [3.05, 3.63) is 65.9 Å². The number of hydrogen-bond acceptors (Lipinski definition) is 2. The first-order chi connectivity index (χ1) is 9.83. The maximum absolute atomic E-state index is 6.02. The zero-order valence-electron chi connectivity index (χ0n) is 11.5. The zero-order valence-corrected chi connectivity index (χ0v) is 11.5. The van der Waals surface area contributed by atoms with Crippen molar-refractivity contribution in [1.82, 2.24) is 4.98 Å². The fraction of sp³-hybridized carbons (Fsp3) is 0.176. The molecule has 2 aromatic carbocycles. The van der Waals surface area contributed by atoms with Gasteiger partial charge in [-0.2, -0.15) is 0 Å². The van der Waals surface area contributed by atoms with Gasteiger partial charge in [0.25, 0.3) is 0 Å². The summed E-state index contributed by atoms with van der Waals surface area (Å²) >= 11 is 0. The molecule has 0 aliphatic carbocycles. The second-order valence-corrected chi connectivity index (χ2v) is 4.85. The summed E-state index contributed by atoms with van der Waals surface area (Å²) in [6, 6.07) is 16.4. The number of para-hydroxylation sites is 1. The molecule has 0 aliphatic heterocycles. The van der Waals surface area contributed by atoms with Gasteiger partial charge in [0.05, 0.1) is 7.11 Å². The van der Waals surface area contributed by atoms with Crippen LogP contribution in [0.1, 0.15) is 17.0 Å². The predicted octanol–water partition coefficient (Wildman–Crippen LogP) is 3.27. The molecule has 0 spiro atoms. The Morgan fingerprint density at radius 1 is 1.15 bits per heavy atom. The maximum atomic E-state index is 6.02. The van der Waals surface area contributed by atoms with Gasteiger partial charge in [-0.3, -0.25) is 0 Å². The Labute approximate surface area is 118 Å². The maximum Gasteiger partial charge on any atom is 0.119 e. The number of hydrogen-bond donors (Lipinski definition) is 2. The molecule has 3 aromatic rings. The van der Waals surface area contributed by atoms with Crippen LogP contribution in [0, 0.1) is 0 Å². The molecule has 1 heterocycles.